The fraction of sp³-hybridized carbons (Fsp3) is 0.395. The number of para-hydroxylation sites is 2. The number of anilines is 2. The molecule has 2 N–H and O–H groups in total. The number of hydrogen-bond donors (Lipinski definition) is 2. The number of rotatable bonds is 11. The van der Waals surface area contributed by atoms with Crippen LogP contribution in [-0.2, 0) is 48.0 Å². The molecule has 0 spiro atoms. The first-order valence-electron chi connectivity index (χ1n) is 16.8. The van der Waals surface area contributed by atoms with E-state index in [9.17, 15) is 24.0 Å². The van der Waals surface area contributed by atoms with Gasteiger partial charge < -0.3 is 24.8 Å². The maximum atomic E-state index is 14.5. The van der Waals surface area contributed by atoms with Gasteiger partial charge in [-0.2, -0.15) is 0 Å². The molecule has 2 heterocycles. The van der Waals surface area contributed by atoms with Gasteiger partial charge >= 0.3 is 18.2 Å². The minimum absolute atomic E-state index is 0.153. The van der Waals surface area contributed by atoms with Crippen LogP contribution in [0.2, 0.25) is 0 Å². The van der Waals surface area contributed by atoms with Crippen molar-refractivity contribution >= 4 is 41.3 Å². The summed E-state index contributed by atoms with van der Waals surface area (Å²) in [6, 6.07) is 21.0. The number of benzene rings is 3. The largest absolute Gasteiger partial charge is 0.467 e. The van der Waals surface area contributed by atoms with Gasteiger partial charge in [0, 0.05) is 25.1 Å². The van der Waals surface area contributed by atoms with Crippen molar-refractivity contribution < 1.29 is 38.2 Å². The van der Waals surface area contributed by atoms with Gasteiger partial charge in [0.1, 0.15) is 30.3 Å². The number of ether oxygens (including phenoxy) is 3. The van der Waals surface area contributed by atoms with Crippen molar-refractivity contribution in [3.05, 3.63) is 95.6 Å². The summed E-state index contributed by atoms with van der Waals surface area (Å²) in [5, 5.41) is 5.51. The maximum absolute atomic E-state index is 14.5. The first kappa shape index (κ1) is 35.9. The Kier molecular flexibility index (Phi) is 11.4. The lowest BCUT2D eigenvalue weighted by molar-refractivity contribution is -0.145. The number of esters is 1. The number of amides is 4. The molecule has 2 unspecified atom stereocenters. The van der Waals surface area contributed by atoms with E-state index in [1.54, 1.807) is 45.0 Å². The molecular formula is C38H44N4O8. The van der Waals surface area contributed by atoms with Gasteiger partial charge in [0.2, 0.25) is 5.91 Å². The summed E-state index contributed by atoms with van der Waals surface area (Å²) in [7, 11) is 1.25. The normalized spacial score (nSPS) is 16.9. The summed E-state index contributed by atoms with van der Waals surface area (Å²) < 4.78 is 15.9. The molecule has 2 aliphatic rings. The molecule has 5 rings (SSSR count). The van der Waals surface area contributed by atoms with Crippen molar-refractivity contribution in [2.45, 2.75) is 83.2 Å². The SMILES string of the molecule is COC(=O)[C@@H](CCCCNC(=O)OCc1ccccc1)NC(=O)C1Cc2ccccc2N1C(=O)C1Cc2ccccc2N1C(=O)OC(C)(C)C. The highest BCUT2D eigenvalue weighted by Crippen LogP contribution is 2.38. The molecule has 0 bridgehead atoms. The molecule has 0 fully saturated rings. The van der Waals surface area contributed by atoms with Crippen molar-refractivity contribution in [1.29, 1.82) is 0 Å². The number of nitrogens with one attached hydrogen (secondary N) is 2. The number of nitrogens with zero attached hydrogens (tertiary/aromatic N) is 2. The van der Waals surface area contributed by atoms with Gasteiger partial charge in [-0.1, -0.05) is 66.7 Å². The highest BCUT2D eigenvalue weighted by molar-refractivity contribution is 6.11. The molecule has 0 radical (unpaired) electrons. The van der Waals surface area contributed by atoms with E-state index in [4.69, 9.17) is 14.2 Å². The number of unbranched alkanes of at least 4 members (excludes halogenated alkanes) is 1. The highest BCUT2D eigenvalue weighted by Gasteiger charge is 2.47. The van der Waals surface area contributed by atoms with Gasteiger partial charge in [-0.25, -0.2) is 14.4 Å². The average molecular weight is 685 g/mol. The van der Waals surface area contributed by atoms with Gasteiger partial charge in [0.15, 0.2) is 0 Å². The number of fused-ring (bicyclic) bond motifs is 2. The topological polar surface area (TPSA) is 144 Å². The van der Waals surface area contributed by atoms with Crippen LogP contribution in [0.4, 0.5) is 21.0 Å². The van der Waals surface area contributed by atoms with Crippen molar-refractivity contribution in [1.82, 2.24) is 10.6 Å². The third kappa shape index (κ3) is 8.60. The van der Waals surface area contributed by atoms with Gasteiger partial charge in [-0.15, -0.1) is 0 Å². The van der Waals surface area contributed by atoms with E-state index in [-0.39, 0.29) is 25.9 Å². The molecule has 12 nitrogen and oxygen atoms in total. The lowest BCUT2D eigenvalue weighted by atomic mass is 10.1. The number of hydrogen-bond acceptors (Lipinski definition) is 8. The Morgan fingerprint density at radius 1 is 0.800 bits per heavy atom. The molecule has 50 heavy (non-hydrogen) atoms. The van der Waals surface area contributed by atoms with E-state index in [0.29, 0.717) is 30.8 Å². The summed E-state index contributed by atoms with van der Waals surface area (Å²) in [5.74, 6) is -1.58. The molecule has 3 aromatic rings. The molecule has 3 aromatic carbocycles. The summed E-state index contributed by atoms with van der Waals surface area (Å²) in [5.41, 5.74) is 2.83. The van der Waals surface area contributed by atoms with E-state index in [2.05, 4.69) is 10.6 Å². The van der Waals surface area contributed by atoms with Crippen molar-refractivity contribution in [2.24, 2.45) is 0 Å². The predicted octanol–water partition coefficient (Wildman–Crippen LogP) is 5.07. The molecule has 2 aliphatic heterocycles. The van der Waals surface area contributed by atoms with E-state index >= 15 is 0 Å². The molecule has 0 aromatic heterocycles. The van der Waals surface area contributed by atoms with Crippen LogP contribution in [-0.4, -0.2) is 67.4 Å². The predicted molar refractivity (Wildman–Crippen MR) is 186 cm³/mol. The van der Waals surface area contributed by atoms with Crippen LogP contribution in [0, 0.1) is 0 Å². The smallest absolute Gasteiger partial charge is 0.415 e. The van der Waals surface area contributed by atoms with E-state index in [1.165, 1.54) is 16.9 Å². The molecule has 12 heteroatoms. The Morgan fingerprint density at radius 2 is 1.40 bits per heavy atom. The number of carbonyl (C=O) groups excluding carboxylic acids is 5. The minimum Gasteiger partial charge on any atom is -0.467 e. The summed E-state index contributed by atoms with van der Waals surface area (Å²) >= 11 is 0. The lowest BCUT2D eigenvalue weighted by Crippen LogP contribution is -2.57. The Labute approximate surface area is 292 Å². The zero-order chi connectivity index (χ0) is 35.8. The van der Waals surface area contributed by atoms with Crippen molar-refractivity contribution in [3.8, 4) is 0 Å². The number of alkyl carbamates (subject to hydrolysis) is 1. The molecule has 4 amide bonds. The van der Waals surface area contributed by atoms with Crippen LogP contribution in [0.1, 0.15) is 56.7 Å². The minimum atomic E-state index is -0.979. The van der Waals surface area contributed by atoms with E-state index in [0.717, 1.165) is 16.7 Å². The maximum Gasteiger partial charge on any atom is 0.415 e. The van der Waals surface area contributed by atoms with Gasteiger partial charge in [0.05, 0.1) is 12.8 Å². The molecule has 264 valence electrons. The Hall–Kier alpha value is -5.39. The number of carbonyl (C=O) groups is 5. The van der Waals surface area contributed by atoms with Crippen molar-refractivity contribution in [3.63, 3.8) is 0 Å². The molecule has 0 aliphatic carbocycles. The molecular weight excluding hydrogens is 640 g/mol. The van der Waals surface area contributed by atoms with Crippen molar-refractivity contribution in [2.75, 3.05) is 23.5 Å². The quantitative estimate of drug-likeness (QED) is 0.162. The molecule has 0 saturated heterocycles. The Bertz CT molecular complexity index is 1710. The summed E-state index contributed by atoms with van der Waals surface area (Å²) in [4.78, 5) is 69.7. The van der Waals surface area contributed by atoms with Crippen LogP contribution >= 0.6 is 0 Å². The van der Waals surface area contributed by atoms with Gasteiger partial charge in [0.25, 0.3) is 5.91 Å². The van der Waals surface area contributed by atoms with E-state index < -0.39 is 53.7 Å². The van der Waals surface area contributed by atoms with Crippen LogP contribution in [0.25, 0.3) is 0 Å². The standard InChI is InChI=1S/C38H44N4O8/c1-38(2,3)50-37(47)42-30-20-11-9-17-27(30)23-32(42)34(44)41-29-19-10-8-16-26(29)22-31(41)33(43)40-28(35(45)48-4)18-12-13-21-39-36(46)49-24-25-14-6-5-7-15-25/h5-11,14-17,19-20,28,31-32H,12-13,18,21-24H2,1-4H3,(H,39,46)(H,40,43)/t28-,31?,32?/m1/s1. The molecule has 3 atom stereocenters. The van der Waals surface area contributed by atoms with Crippen LogP contribution < -0.4 is 20.4 Å². The van der Waals surface area contributed by atoms with Gasteiger partial charge in [-0.05, 0) is 68.9 Å². The summed E-state index contributed by atoms with van der Waals surface area (Å²) in [6.45, 7) is 5.75. The first-order chi connectivity index (χ1) is 24.0. The van der Waals surface area contributed by atoms with Crippen LogP contribution in [0.5, 0.6) is 0 Å². The Morgan fingerprint density at radius 3 is 2.04 bits per heavy atom. The fourth-order valence-electron chi connectivity index (χ4n) is 6.25. The fourth-order valence-corrected chi connectivity index (χ4v) is 6.25. The second-order valence-electron chi connectivity index (χ2n) is 13.3. The second-order valence-corrected chi connectivity index (χ2v) is 13.3. The summed E-state index contributed by atoms with van der Waals surface area (Å²) in [6.07, 6.45) is 0.524. The zero-order valence-electron chi connectivity index (χ0n) is 28.8. The lowest BCUT2D eigenvalue weighted by Gasteiger charge is -2.33. The molecule has 0 saturated carbocycles. The van der Waals surface area contributed by atoms with Gasteiger partial charge in [-0.3, -0.25) is 19.4 Å². The highest BCUT2D eigenvalue weighted by atomic mass is 16.6. The third-order valence-electron chi connectivity index (χ3n) is 8.57. The van der Waals surface area contributed by atoms with Crippen LogP contribution in [0.15, 0.2) is 78.9 Å². The first-order valence-corrected chi connectivity index (χ1v) is 16.8. The Balaban J connectivity index is 1.25. The monoisotopic (exact) mass is 684 g/mol. The average Bonchev–Trinajstić information content (AvgIpc) is 3.69. The third-order valence-corrected chi connectivity index (χ3v) is 8.57. The second kappa shape index (κ2) is 15.9. The number of methoxy groups -OCH3 is 1. The van der Waals surface area contributed by atoms with Crippen LogP contribution in [0.3, 0.4) is 0 Å². The zero-order valence-corrected chi connectivity index (χ0v) is 28.8. The van der Waals surface area contributed by atoms with E-state index in [1.807, 2.05) is 54.6 Å².